The molecule has 1 saturated carbocycles. The highest BCUT2D eigenvalue weighted by Gasteiger charge is 2.45. The first kappa shape index (κ1) is 15.5. The van der Waals surface area contributed by atoms with Crippen LogP contribution in [0.15, 0.2) is 30.3 Å². The van der Waals surface area contributed by atoms with Gasteiger partial charge in [0, 0.05) is 7.11 Å². The van der Waals surface area contributed by atoms with Gasteiger partial charge in [-0.1, -0.05) is 36.8 Å². The molecule has 1 amide bonds. The Morgan fingerprint density at radius 3 is 2.48 bits per heavy atom. The van der Waals surface area contributed by atoms with Crippen LogP contribution in [0.2, 0.25) is 0 Å². The molecule has 0 spiro atoms. The number of hydrogen-bond donors (Lipinski definition) is 2. The van der Waals surface area contributed by atoms with Crippen LogP contribution in [0.1, 0.15) is 24.8 Å². The van der Waals surface area contributed by atoms with E-state index in [1.807, 2.05) is 30.3 Å². The van der Waals surface area contributed by atoms with Crippen molar-refractivity contribution in [3.05, 3.63) is 35.9 Å². The number of nitrogens with one attached hydrogen (secondary N) is 1. The molecule has 0 bridgehead atoms. The van der Waals surface area contributed by atoms with E-state index in [1.165, 1.54) is 7.11 Å². The van der Waals surface area contributed by atoms with Crippen molar-refractivity contribution in [3.63, 3.8) is 0 Å². The predicted octanol–water partition coefficient (Wildman–Crippen LogP) is 1.62. The number of carboxylic acid groups (broad SMARTS) is 1. The summed E-state index contributed by atoms with van der Waals surface area (Å²) < 4.78 is 4.85. The second-order valence-corrected chi connectivity index (χ2v) is 5.62. The largest absolute Gasteiger partial charge is 0.480 e. The fraction of sp³-hybridized carbons (Fsp3) is 0.500. The maximum Gasteiger partial charge on any atom is 0.328 e. The maximum atomic E-state index is 12.5. The molecule has 1 aliphatic rings. The standard InChI is InChI=1S/C16H21NO4/c1-21-11-13(14(18)19)17-15(20)16(8-5-9-16)10-12-6-3-2-4-7-12/h2-4,6-7,13H,5,8-11H2,1H3,(H,17,20)(H,18,19). The number of ether oxygens (including phenoxy) is 1. The van der Waals surface area contributed by atoms with Crippen molar-refractivity contribution in [3.8, 4) is 0 Å². The van der Waals surface area contributed by atoms with E-state index < -0.39 is 17.4 Å². The molecule has 0 aromatic heterocycles. The summed E-state index contributed by atoms with van der Waals surface area (Å²) in [5.41, 5.74) is 0.633. The zero-order valence-corrected chi connectivity index (χ0v) is 12.2. The van der Waals surface area contributed by atoms with E-state index in [0.29, 0.717) is 6.42 Å². The van der Waals surface area contributed by atoms with Crippen LogP contribution in [0.25, 0.3) is 0 Å². The van der Waals surface area contributed by atoms with Gasteiger partial charge >= 0.3 is 5.97 Å². The lowest BCUT2D eigenvalue weighted by Crippen LogP contribution is -2.53. The van der Waals surface area contributed by atoms with E-state index in [9.17, 15) is 9.59 Å². The normalized spacial score (nSPS) is 17.6. The summed E-state index contributed by atoms with van der Waals surface area (Å²) >= 11 is 0. The van der Waals surface area contributed by atoms with Crippen molar-refractivity contribution in [2.45, 2.75) is 31.7 Å². The van der Waals surface area contributed by atoms with Crippen LogP contribution in [0, 0.1) is 5.41 Å². The maximum absolute atomic E-state index is 12.5. The number of carbonyl (C=O) groups excluding carboxylic acids is 1. The molecular formula is C16H21NO4. The number of aliphatic carboxylic acids is 1. The number of methoxy groups -OCH3 is 1. The Bertz CT molecular complexity index is 496. The fourth-order valence-corrected chi connectivity index (χ4v) is 2.73. The topological polar surface area (TPSA) is 75.6 Å². The first-order chi connectivity index (χ1) is 10.1. The second-order valence-electron chi connectivity index (χ2n) is 5.62. The Hall–Kier alpha value is -1.88. The van der Waals surface area contributed by atoms with E-state index in [0.717, 1.165) is 24.8 Å². The van der Waals surface area contributed by atoms with E-state index in [2.05, 4.69) is 5.32 Å². The third-order valence-electron chi connectivity index (χ3n) is 4.11. The average molecular weight is 291 g/mol. The van der Waals surface area contributed by atoms with Gasteiger partial charge in [-0.2, -0.15) is 0 Å². The van der Waals surface area contributed by atoms with Crippen molar-refractivity contribution >= 4 is 11.9 Å². The van der Waals surface area contributed by atoms with E-state index in [-0.39, 0.29) is 12.5 Å². The van der Waals surface area contributed by atoms with Crippen LogP contribution in [0.5, 0.6) is 0 Å². The van der Waals surface area contributed by atoms with Crippen LogP contribution >= 0.6 is 0 Å². The minimum atomic E-state index is -1.07. The number of amides is 1. The van der Waals surface area contributed by atoms with E-state index in [4.69, 9.17) is 9.84 Å². The van der Waals surface area contributed by atoms with Crippen LogP contribution < -0.4 is 5.32 Å². The highest BCUT2D eigenvalue weighted by atomic mass is 16.5. The number of hydrogen-bond acceptors (Lipinski definition) is 3. The Balaban J connectivity index is 2.05. The third-order valence-corrected chi connectivity index (χ3v) is 4.11. The van der Waals surface area contributed by atoms with E-state index >= 15 is 0 Å². The van der Waals surface area contributed by atoms with Crippen LogP contribution in [0.3, 0.4) is 0 Å². The quantitative estimate of drug-likeness (QED) is 0.800. The van der Waals surface area contributed by atoms with E-state index in [1.54, 1.807) is 0 Å². The first-order valence-electron chi connectivity index (χ1n) is 7.14. The van der Waals surface area contributed by atoms with Gasteiger partial charge in [-0.25, -0.2) is 4.79 Å². The average Bonchev–Trinajstić information content (AvgIpc) is 2.43. The predicted molar refractivity (Wildman–Crippen MR) is 77.9 cm³/mol. The molecule has 1 aromatic rings. The zero-order valence-electron chi connectivity index (χ0n) is 12.2. The van der Waals surface area contributed by atoms with Crippen LogP contribution in [-0.2, 0) is 20.7 Å². The Labute approximate surface area is 124 Å². The minimum Gasteiger partial charge on any atom is -0.480 e. The summed E-state index contributed by atoms with van der Waals surface area (Å²) in [5.74, 6) is -1.25. The van der Waals surface area contributed by atoms with Crippen molar-refractivity contribution in [1.82, 2.24) is 5.32 Å². The summed E-state index contributed by atoms with van der Waals surface area (Å²) in [4.78, 5) is 23.6. The van der Waals surface area contributed by atoms with Gasteiger partial charge in [-0.15, -0.1) is 0 Å². The molecule has 2 rings (SSSR count). The fourth-order valence-electron chi connectivity index (χ4n) is 2.73. The molecule has 0 aliphatic heterocycles. The molecular weight excluding hydrogens is 270 g/mol. The molecule has 1 aliphatic carbocycles. The molecule has 1 unspecified atom stereocenters. The van der Waals surface area contributed by atoms with Gasteiger partial charge in [0.15, 0.2) is 6.04 Å². The Kier molecular flexibility index (Phi) is 4.96. The number of carbonyl (C=O) groups is 2. The SMILES string of the molecule is COCC(NC(=O)C1(Cc2ccccc2)CCC1)C(=O)O. The van der Waals surface area contributed by atoms with Crippen molar-refractivity contribution in [1.29, 1.82) is 0 Å². The molecule has 1 fully saturated rings. The lowest BCUT2D eigenvalue weighted by atomic mass is 9.64. The molecule has 114 valence electrons. The van der Waals surface area contributed by atoms with Crippen molar-refractivity contribution < 1.29 is 19.4 Å². The van der Waals surface area contributed by atoms with Gasteiger partial charge < -0.3 is 15.2 Å². The lowest BCUT2D eigenvalue weighted by Gasteiger charge is -2.41. The molecule has 5 nitrogen and oxygen atoms in total. The summed E-state index contributed by atoms with van der Waals surface area (Å²) in [5, 5.41) is 11.7. The number of carboxylic acids is 1. The monoisotopic (exact) mass is 291 g/mol. The highest BCUT2D eigenvalue weighted by molar-refractivity contribution is 5.88. The molecule has 5 heteroatoms. The Morgan fingerprint density at radius 1 is 1.33 bits per heavy atom. The van der Waals surface area contributed by atoms with Gasteiger partial charge in [-0.05, 0) is 24.8 Å². The highest BCUT2D eigenvalue weighted by Crippen LogP contribution is 2.44. The molecule has 1 aromatic carbocycles. The molecule has 21 heavy (non-hydrogen) atoms. The lowest BCUT2D eigenvalue weighted by molar-refractivity contribution is -0.147. The smallest absolute Gasteiger partial charge is 0.328 e. The minimum absolute atomic E-state index is 0.0253. The van der Waals surface area contributed by atoms with Gasteiger partial charge in [0.25, 0.3) is 0 Å². The van der Waals surface area contributed by atoms with Gasteiger partial charge in [0.05, 0.1) is 12.0 Å². The second kappa shape index (κ2) is 6.72. The molecule has 0 saturated heterocycles. The summed E-state index contributed by atoms with van der Waals surface area (Å²) in [6, 6.07) is 8.84. The summed E-state index contributed by atoms with van der Waals surface area (Å²) in [6.45, 7) is -0.0253. The summed E-state index contributed by atoms with van der Waals surface area (Å²) in [6.07, 6.45) is 3.25. The van der Waals surface area contributed by atoms with Crippen molar-refractivity contribution in [2.24, 2.45) is 5.41 Å². The number of rotatable bonds is 7. The summed E-state index contributed by atoms with van der Waals surface area (Å²) in [7, 11) is 1.42. The van der Waals surface area contributed by atoms with Gasteiger partial charge in [-0.3, -0.25) is 4.79 Å². The van der Waals surface area contributed by atoms with Crippen molar-refractivity contribution in [2.75, 3.05) is 13.7 Å². The third kappa shape index (κ3) is 3.61. The Morgan fingerprint density at radius 2 is 2.00 bits per heavy atom. The number of benzene rings is 1. The van der Waals surface area contributed by atoms with Crippen LogP contribution in [0.4, 0.5) is 0 Å². The van der Waals surface area contributed by atoms with Gasteiger partial charge in [0.2, 0.25) is 5.91 Å². The molecule has 0 radical (unpaired) electrons. The first-order valence-corrected chi connectivity index (χ1v) is 7.14. The molecule has 0 heterocycles. The molecule has 1 atom stereocenters. The van der Waals surface area contributed by atoms with Crippen LogP contribution in [-0.4, -0.2) is 36.7 Å². The van der Waals surface area contributed by atoms with Gasteiger partial charge in [0.1, 0.15) is 0 Å². The zero-order chi connectivity index (χ0) is 15.3. The molecule has 2 N–H and O–H groups in total.